The van der Waals surface area contributed by atoms with E-state index in [2.05, 4.69) is 23.0 Å². The first-order valence-electron chi connectivity index (χ1n) is 5.97. The molecule has 0 saturated carbocycles. The van der Waals surface area contributed by atoms with Crippen LogP contribution in [0.3, 0.4) is 0 Å². The number of anilines is 1. The monoisotopic (exact) mass is 229 g/mol. The molecule has 0 N–H and O–H groups in total. The Hall–Kier alpha value is -1.68. The number of hydrogen-bond acceptors (Lipinski definition) is 4. The van der Waals surface area contributed by atoms with E-state index in [0.717, 1.165) is 42.7 Å². The van der Waals surface area contributed by atoms with Crippen molar-refractivity contribution >= 4 is 16.7 Å². The lowest BCUT2D eigenvalue weighted by molar-refractivity contribution is 0.0767. The molecule has 1 aliphatic rings. The fraction of sp³-hybridized carbons (Fsp3) is 0.385. The van der Waals surface area contributed by atoms with Gasteiger partial charge < -0.3 is 0 Å². The molecule has 1 aliphatic heterocycles. The van der Waals surface area contributed by atoms with Crippen LogP contribution in [0.2, 0.25) is 0 Å². The molecule has 0 spiro atoms. The molecule has 88 valence electrons. The van der Waals surface area contributed by atoms with Crippen LogP contribution in [-0.4, -0.2) is 23.1 Å². The number of rotatable bonds is 1. The first-order chi connectivity index (χ1) is 8.36. The van der Waals surface area contributed by atoms with Crippen molar-refractivity contribution in [2.45, 2.75) is 19.8 Å². The lowest BCUT2D eigenvalue weighted by Crippen LogP contribution is -2.30. The number of nitrogens with zero attached hydrogens (tertiary/aromatic N) is 3. The average molecular weight is 229 g/mol. The van der Waals surface area contributed by atoms with Crippen LogP contribution in [0.15, 0.2) is 24.5 Å². The van der Waals surface area contributed by atoms with Crippen LogP contribution in [0.4, 0.5) is 5.82 Å². The zero-order valence-corrected chi connectivity index (χ0v) is 9.89. The summed E-state index contributed by atoms with van der Waals surface area (Å²) in [6, 6.07) is 6.11. The Kier molecular flexibility index (Phi) is 2.65. The van der Waals surface area contributed by atoms with Crippen molar-refractivity contribution in [3.8, 4) is 0 Å². The molecule has 4 heteroatoms. The molecule has 0 aliphatic carbocycles. The summed E-state index contributed by atoms with van der Waals surface area (Å²) >= 11 is 0. The second kappa shape index (κ2) is 4.30. The molecule has 1 aromatic heterocycles. The van der Waals surface area contributed by atoms with Crippen LogP contribution < -0.4 is 5.06 Å². The van der Waals surface area contributed by atoms with E-state index in [1.165, 1.54) is 5.56 Å². The molecule has 1 fully saturated rings. The molecule has 17 heavy (non-hydrogen) atoms. The summed E-state index contributed by atoms with van der Waals surface area (Å²) in [5, 5.41) is 3.00. The normalized spacial score (nSPS) is 16.4. The summed E-state index contributed by atoms with van der Waals surface area (Å²) in [6.45, 7) is 3.76. The number of hydroxylamine groups is 1. The van der Waals surface area contributed by atoms with E-state index in [-0.39, 0.29) is 0 Å². The van der Waals surface area contributed by atoms with Gasteiger partial charge in [0, 0.05) is 11.9 Å². The number of fused-ring (bicyclic) bond motifs is 1. The summed E-state index contributed by atoms with van der Waals surface area (Å²) in [5.41, 5.74) is 2.16. The van der Waals surface area contributed by atoms with E-state index in [1.807, 2.05) is 17.2 Å². The number of hydrogen-bond donors (Lipinski definition) is 0. The molecule has 0 radical (unpaired) electrons. The highest BCUT2D eigenvalue weighted by Gasteiger charge is 2.17. The minimum atomic E-state index is 0.775. The van der Waals surface area contributed by atoms with E-state index in [9.17, 15) is 0 Å². The lowest BCUT2D eigenvalue weighted by atomic mass is 10.1. The van der Waals surface area contributed by atoms with Crippen molar-refractivity contribution < 1.29 is 4.84 Å². The molecule has 2 aromatic rings. The number of aryl methyl sites for hydroxylation is 1. The minimum Gasteiger partial charge on any atom is -0.272 e. The Balaban J connectivity index is 2.14. The fourth-order valence-corrected chi connectivity index (χ4v) is 2.21. The standard InChI is InChI=1S/C13H15N3O/c1-10-5-4-6-11-12(10)13(15-9-14-11)16-7-2-3-8-17-16/h4-6,9H,2-3,7-8H2,1H3. The molecule has 0 amide bonds. The fourth-order valence-electron chi connectivity index (χ4n) is 2.21. The van der Waals surface area contributed by atoms with Crippen LogP contribution in [0, 0.1) is 6.92 Å². The maximum absolute atomic E-state index is 5.67. The van der Waals surface area contributed by atoms with E-state index in [1.54, 1.807) is 6.33 Å². The molecule has 0 unspecified atom stereocenters. The van der Waals surface area contributed by atoms with Gasteiger partial charge in [0.05, 0.1) is 12.1 Å². The second-order valence-corrected chi connectivity index (χ2v) is 4.31. The maximum Gasteiger partial charge on any atom is 0.163 e. The Morgan fingerprint density at radius 1 is 1.24 bits per heavy atom. The van der Waals surface area contributed by atoms with Crippen LogP contribution in [0.1, 0.15) is 18.4 Å². The number of benzene rings is 1. The number of aromatic nitrogens is 2. The first kappa shape index (κ1) is 10.5. The summed E-state index contributed by atoms with van der Waals surface area (Å²) in [5.74, 6) is 0.896. The van der Waals surface area contributed by atoms with Gasteiger partial charge in [-0.15, -0.1) is 0 Å². The van der Waals surface area contributed by atoms with Crippen molar-refractivity contribution in [2.24, 2.45) is 0 Å². The van der Waals surface area contributed by atoms with Crippen molar-refractivity contribution in [1.29, 1.82) is 0 Å². The Morgan fingerprint density at radius 3 is 3.00 bits per heavy atom. The van der Waals surface area contributed by atoms with Crippen LogP contribution in [0.25, 0.3) is 10.9 Å². The molecule has 0 atom stereocenters. The van der Waals surface area contributed by atoms with Crippen molar-refractivity contribution in [1.82, 2.24) is 9.97 Å². The molecule has 2 heterocycles. The lowest BCUT2D eigenvalue weighted by Gasteiger charge is -2.27. The molecule has 0 bridgehead atoms. The van der Waals surface area contributed by atoms with Gasteiger partial charge in [0.15, 0.2) is 5.82 Å². The highest BCUT2D eigenvalue weighted by molar-refractivity contribution is 5.91. The van der Waals surface area contributed by atoms with Crippen LogP contribution >= 0.6 is 0 Å². The highest BCUT2D eigenvalue weighted by atomic mass is 16.7. The predicted molar refractivity (Wildman–Crippen MR) is 66.8 cm³/mol. The van der Waals surface area contributed by atoms with Gasteiger partial charge in [-0.2, -0.15) is 0 Å². The van der Waals surface area contributed by atoms with E-state index < -0.39 is 0 Å². The third-order valence-corrected chi connectivity index (χ3v) is 3.09. The van der Waals surface area contributed by atoms with Crippen molar-refractivity contribution in [2.75, 3.05) is 18.2 Å². The average Bonchev–Trinajstić information content (AvgIpc) is 2.39. The van der Waals surface area contributed by atoms with Gasteiger partial charge in [-0.1, -0.05) is 12.1 Å². The summed E-state index contributed by atoms with van der Waals surface area (Å²) in [4.78, 5) is 14.4. The zero-order valence-electron chi connectivity index (χ0n) is 9.89. The molecule has 3 rings (SSSR count). The van der Waals surface area contributed by atoms with E-state index in [0.29, 0.717) is 0 Å². The Morgan fingerprint density at radius 2 is 2.18 bits per heavy atom. The van der Waals surface area contributed by atoms with Gasteiger partial charge in [-0.05, 0) is 31.4 Å². The van der Waals surface area contributed by atoms with Gasteiger partial charge in [0.25, 0.3) is 0 Å². The smallest absolute Gasteiger partial charge is 0.163 e. The third-order valence-electron chi connectivity index (χ3n) is 3.09. The topological polar surface area (TPSA) is 38.2 Å². The van der Waals surface area contributed by atoms with E-state index >= 15 is 0 Å². The minimum absolute atomic E-state index is 0.775. The Bertz CT molecular complexity index is 530. The molecule has 4 nitrogen and oxygen atoms in total. The van der Waals surface area contributed by atoms with Gasteiger partial charge in [-0.25, -0.2) is 15.0 Å². The largest absolute Gasteiger partial charge is 0.272 e. The maximum atomic E-state index is 5.67. The highest BCUT2D eigenvalue weighted by Crippen LogP contribution is 2.27. The first-order valence-corrected chi connectivity index (χ1v) is 5.97. The van der Waals surface area contributed by atoms with Gasteiger partial charge in [0.2, 0.25) is 0 Å². The second-order valence-electron chi connectivity index (χ2n) is 4.31. The van der Waals surface area contributed by atoms with E-state index in [4.69, 9.17) is 4.84 Å². The van der Waals surface area contributed by atoms with Crippen LogP contribution in [0.5, 0.6) is 0 Å². The molecule has 1 saturated heterocycles. The predicted octanol–water partition coefficient (Wildman–Crippen LogP) is 2.47. The molecular weight excluding hydrogens is 214 g/mol. The van der Waals surface area contributed by atoms with Gasteiger partial charge in [0.1, 0.15) is 6.33 Å². The Labute approximate surface area is 100 Å². The third kappa shape index (κ3) is 1.85. The molecule has 1 aromatic carbocycles. The van der Waals surface area contributed by atoms with Crippen LogP contribution in [-0.2, 0) is 4.84 Å². The zero-order chi connectivity index (χ0) is 11.7. The molecular formula is C13H15N3O. The summed E-state index contributed by atoms with van der Waals surface area (Å²) < 4.78 is 0. The van der Waals surface area contributed by atoms with Gasteiger partial charge in [-0.3, -0.25) is 4.84 Å². The quantitative estimate of drug-likeness (QED) is 0.753. The summed E-state index contributed by atoms with van der Waals surface area (Å²) in [6.07, 6.45) is 3.88. The van der Waals surface area contributed by atoms with Gasteiger partial charge >= 0.3 is 0 Å². The van der Waals surface area contributed by atoms with Crippen molar-refractivity contribution in [3.05, 3.63) is 30.1 Å². The van der Waals surface area contributed by atoms with Crippen molar-refractivity contribution in [3.63, 3.8) is 0 Å². The summed E-state index contributed by atoms with van der Waals surface area (Å²) in [7, 11) is 0. The SMILES string of the molecule is Cc1cccc2ncnc(N3CCCCO3)c12.